The molecule has 0 bridgehead atoms. The first kappa shape index (κ1) is 12.2. The van der Waals surface area contributed by atoms with Crippen molar-refractivity contribution in [3.8, 4) is 0 Å². The maximum absolute atomic E-state index is 11.9. The molecule has 0 radical (unpaired) electrons. The lowest BCUT2D eigenvalue weighted by atomic mass is 10.1. The zero-order chi connectivity index (χ0) is 12.3. The van der Waals surface area contributed by atoms with Crippen molar-refractivity contribution < 1.29 is 13.9 Å². The Morgan fingerprint density at radius 3 is 3.00 bits per heavy atom. The van der Waals surface area contributed by atoms with E-state index in [0.29, 0.717) is 5.76 Å². The van der Waals surface area contributed by atoms with E-state index < -0.39 is 0 Å². The Morgan fingerprint density at radius 1 is 1.59 bits per heavy atom. The van der Waals surface area contributed by atoms with Gasteiger partial charge in [0.2, 0.25) is 0 Å². The molecule has 0 aliphatic carbocycles. The second-order valence-corrected chi connectivity index (χ2v) is 4.43. The Bertz CT molecular complexity index is 380. The average molecular weight is 237 g/mol. The summed E-state index contributed by atoms with van der Waals surface area (Å²) in [5.41, 5.74) is 0. The molecule has 1 aromatic rings. The van der Waals surface area contributed by atoms with E-state index in [2.05, 4.69) is 5.32 Å². The molecule has 2 rings (SSSR count). The van der Waals surface area contributed by atoms with Gasteiger partial charge in [-0.3, -0.25) is 4.79 Å². The Kier molecular flexibility index (Phi) is 3.84. The van der Waals surface area contributed by atoms with E-state index in [4.69, 9.17) is 9.15 Å². The molecule has 0 saturated carbocycles. The van der Waals surface area contributed by atoms with E-state index in [9.17, 15) is 4.79 Å². The maximum atomic E-state index is 11.9. The Balaban J connectivity index is 1.91. The quantitative estimate of drug-likeness (QED) is 0.872. The molecule has 4 nitrogen and oxygen atoms in total. The van der Waals surface area contributed by atoms with E-state index in [1.807, 2.05) is 19.9 Å². The lowest BCUT2D eigenvalue weighted by molar-refractivity contribution is 0.0696. The molecular formula is C13H19NO3. The summed E-state index contributed by atoms with van der Waals surface area (Å²) in [6.07, 6.45) is 3.03. The number of carbonyl (C=O) groups is 1. The van der Waals surface area contributed by atoms with E-state index in [0.717, 1.165) is 31.6 Å². The minimum absolute atomic E-state index is 0.0279. The number of furan rings is 1. The summed E-state index contributed by atoms with van der Waals surface area (Å²) in [7, 11) is 0. The molecule has 17 heavy (non-hydrogen) atoms. The van der Waals surface area contributed by atoms with Gasteiger partial charge in [-0.1, -0.05) is 6.92 Å². The number of rotatable bonds is 4. The van der Waals surface area contributed by atoms with Crippen molar-refractivity contribution in [2.24, 2.45) is 0 Å². The zero-order valence-electron chi connectivity index (χ0n) is 10.4. The minimum Gasteiger partial charge on any atom is -0.456 e. The Hall–Kier alpha value is -1.29. The third kappa shape index (κ3) is 2.88. The average Bonchev–Trinajstić information content (AvgIpc) is 3.00. The molecule has 94 valence electrons. The third-order valence-corrected chi connectivity index (χ3v) is 3.12. The van der Waals surface area contributed by atoms with Crippen LogP contribution in [0.15, 0.2) is 16.5 Å². The third-order valence-electron chi connectivity index (χ3n) is 3.12. The van der Waals surface area contributed by atoms with Gasteiger partial charge in [0.15, 0.2) is 5.76 Å². The standard InChI is InChI=1S/C13H19NO3/c1-3-10-6-7-12(17-10)13(15)14-9(2)11-5-4-8-16-11/h6-7,9,11H,3-5,8H2,1-2H3,(H,14,15). The number of hydrogen-bond acceptors (Lipinski definition) is 3. The molecule has 1 aromatic heterocycles. The SMILES string of the molecule is CCc1ccc(C(=O)NC(C)C2CCCO2)o1. The molecule has 1 aliphatic rings. The summed E-state index contributed by atoms with van der Waals surface area (Å²) in [4.78, 5) is 11.9. The summed E-state index contributed by atoms with van der Waals surface area (Å²) in [5, 5.41) is 2.92. The molecule has 1 N–H and O–H groups in total. The molecular weight excluding hydrogens is 218 g/mol. The van der Waals surface area contributed by atoms with Gasteiger partial charge in [-0.2, -0.15) is 0 Å². The van der Waals surface area contributed by atoms with Crippen LogP contribution >= 0.6 is 0 Å². The number of amides is 1. The number of ether oxygens (including phenoxy) is 1. The summed E-state index contributed by atoms with van der Waals surface area (Å²) < 4.78 is 10.9. The highest BCUT2D eigenvalue weighted by Crippen LogP contribution is 2.16. The fourth-order valence-electron chi connectivity index (χ4n) is 2.06. The van der Waals surface area contributed by atoms with Crippen molar-refractivity contribution in [1.29, 1.82) is 0 Å². The van der Waals surface area contributed by atoms with Gasteiger partial charge in [-0.15, -0.1) is 0 Å². The number of hydrogen-bond donors (Lipinski definition) is 1. The van der Waals surface area contributed by atoms with Crippen LogP contribution in [-0.4, -0.2) is 24.7 Å². The molecule has 4 heteroatoms. The van der Waals surface area contributed by atoms with Crippen molar-refractivity contribution in [2.45, 2.75) is 45.3 Å². The van der Waals surface area contributed by atoms with Crippen molar-refractivity contribution in [3.05, 3.63) is 23.7 Å². The van der Waals surface area contributed by atoms with Crippen molar-refractivity contribution in [1.82, 2.24) is 5.32 Å². The summed E-state index contributed by atoms with van der Waals surface area (Å²) in [6.45, 7) is 4.76. The van der Waals surface area contributed by atoms with Crippen LogP contribution in [-0.2, 0) is 11.2 Å². The van der Waals surface area contributed by atoms with Crippen LogP contribution < -0.4 is 5.32 Å². The second kappa shape index (κ2) is 5.36. The number of carbonyl (C=O) groups excluding carboxylic acids is 1. The highest BCUT2D eigenvalue weighted by atomic mass is 16.5. The van der Waals surface area contributed by atoms with E-state index >= 15 is 0 Å². The second-order valence-electron chi connectivity index (χ2n) is 4.43. The Labute approximate surface area is 101 Å². The predicted molar refractivity (Wildman–Crippen MR) is 64.0 cm³/mol. The fourth-order valence-corrected chi connectivity index (χ4v) is 2.06. The molecule has 0 aromatic carbocycles. The van der Waals surface area contributed by atoms with Crippen molar-refractivity contribution in [3.63, 3.8) is 0 Å². The first-order chi connectivity index (χ1) is 8.20. The summed E-state index contributed by atoms with van der Waals surface area (Å²) >= 11 is 0. The largest absolute Gasteiger partial charge is 0.456 e. The van der Waals surface area contributed by atoms with Gasteiger partial charge in [0.25, 0.3) is 5.91 Å². The lowest BCUT2D eigenvalue weighted by Crippen LogP contribution is -2.40. The normalized spacial score (nSPS) is 21.4. The van der Waals surface area contributed by atoms with Crippen LogP contribution in [0.5, 0.6) is 0 Å². The number of nitrogens with one attached hydrogen (secondary N) is 1. The number of aryl methyl sites for hydroxylation is 1. The monoisotopic (exact) mass is 237 g/mol. The highest BCUT2D eigenvalue weighted by Gasteiger charge is 2.24. The van der Waals surface area contributed by atoms with Crippen molar-refractivity contribution in [2.75, 3.05) is 6.61 Å². The lowest BCUT2D eigenvalue weighted by Gasteiger charge is -2.19. The first-order valence-corrected chi connectivity index (χ1v) is 6.22. The molecule has 1 amide bonds. The molecule has 1 fully saturated rings. The van der Waals surface area contributed by atoms with E-state index in [1.165, 1.54) is 0 Å². The molecule has 1 saturated heterocycles. The topological polar surface area (TPSA) is 51.5 Å². The smallest absolute Gasteiger partial charge is 0.287 e. The molecule has 0 spiro atoms. The van der Waals surface area contributed by atoms with Gasteiger partial charge in [-0.05, 0) is 31.9 Å². The van der Waals surface area contributed by atoms with Gasteiger partial charge < -0.3 is 14.5 Å². The fraction of sp³-hybridized carbons (Fsp3) is 0.615. The van der Waals surface area contributed by atoms with Crippen LogP contribution in [0.1, 0.15) is 43.0 Å². The van der Waals surface area contributed by atoms with E-state index in [-0.39, 0.29) is 18.1 Å². The molecule has 2 atom stereocenters. The van der Waals surface area contributed by atoms with E-state index in [1.54, 1.807) is 6.07 Å². The van der Waals surface area contributed by atoms with Gasteiger partial charge >= 0.3 is 0 Å². The van der Waals surface area contributed by atoms with Crippen LogP contribution in [0.25, 0.3) is 0 Å². The maximum Gasteiger partial charge on any atom is 0.287 e. The van der Waals surface area contributed by atoms with Crippen molar-refractivity contribution >= 4 is 5.91 Å². The van der Waals surface area contributed by atoms with Crippen LogP contribution in [0.2, 0.25) is 0 Å². The predicted octanol–water partition coefficient (Wildman–Crippen LogP) is 2.14. The van der Waals surface area contributed by atoms with Gasteiger partial charge in [0, 0.05) is 13.0 Å². The van der Waals surface area contributed by atoms with Gasteiger partial charge in [0.05, 0.1) is 12.1 Å². The Morgan fingerprint density at radius 2 is 2.41 bits per heavy atom. The highest BCUT2D eigenvalue weighted by molar-refractivity contribution is 5.91. The minimum atomic E-state index is -0.160. The van der Waals surface area contributed by atoms with Crippen LogP contribution in [0, 0.1) is 0 Å². The molecule has 2 heterocycles. The van der Waals surface area contributed by atoms with Crippen LogP contribution in [0.4, 0.5) is 0 Å². The molecule has 2 unspecified atom stereocenters. The first-order valence-electron chi connectivity index (χ1n) is 6.22. The van der Waals surface area contributed by atoms with Gasteiger partial charge in [0.1, 0.15) is 5.76 Å². The van der Waals surface area contributed by atoms with Crippen LogP contribution in [0.3, 0.4) is 0 Å². The summed E-state index contributed by atoms with van der Waals surface area (Å²) in [5.74, 6) is 1.05. The van der Waals surface area contributed by atoms with Gasteiger partial charge in [-0.25, -0.2) is 0 Å². The summed E-state index contributed by atoms with van der Waals surface area (Å²) in [6, 6.07) is 3.59. The zero-order valence-corrected chi connectivity index (χ0v) is 10.4. The molecule has 1 aliphatic heterocycles.